The molecular weight excluding hydrogens is 256 g/mol. The fourth-order valence-corrected chi connectivity index (χ4v) is 2.26. The molecule has 0 fully saturated rings. The summed E-state index contributed by atoms with van der Waals surface area (Å²) in [6.45, 7) is 1.44. The quantitative estimate of drug-likeness (QED) is 0.711. The minimum Gasteiger partial charge on any atom is -0.312 e. The number of hydrogen-bond donors (Lipinski definition) is 1. The van der Waals surface area contributed by atoms with E-state index in [-0.39, 0.29) is 5.82 Å². The van der Waals surface area contributed by atoms with E-state index < -0.39 is 0 Å². The van der Waals surface area contributed by atoms with Crippen molar-refractivity contribution in [1.29, 1.82) is 0 Å². The van der Waals surface area contributed by atoms with E-state index in [1.807, 2.05) is 0 Å². The van der Waals surface area contributed by atoms with Crippen LogP contribution in [0.3, 0.4) is 0 Å². The summed E-state index contributed by atoms with van der Waals surface area (Å²) >= 11 is 9.27. The van der Waals surface area contributed by atoms with Crippen molar-refractivity contribution in [2.45, 2.75) is 13.0 Å². The van der Waals surface area contributed by atoms with Crippen LogP contribution in [0.15, 0.2) is 10.5 Å². The molecule has 0 unspecified atom stereocenters. The van der Waals surface area contributed by atoms with Gasteiger partial charge in [0, 0.05) is 16.6 Å². The normalized spacial score (nSPS) is 15.6. The van der Waals surface area contributed by atoms with Crippen LogP contribution in [0.2, 0.25) is 5.02 Å². The highest BCUT2D eigenvalue weighted by molar-refractivity contribution is 9.10. The van der Waals surface area contributed by atoms with Crippen molar-refractivity contribution in [1.82, 2.24) is 5.32 Å². The summed E-state index contributed by atoms with van der Waals surface area (Å²) in [4.78, 5) is 0. The van der Waals surface area contributed by atoms with Crippen LogP contribution in [0, 0.1) is 5.82 Å². The van der Waals surface area contributed by atoms with E-state index in [1.54, 1.807) is 0 Å². The Kier molecular flexibility index (Phi) is 2.58. The molecule has 0 aliphatic carbocycles. The Balaban J connectivity index is 2.63. The molecule has 0 saturated heterocycles. The largest absolute Gasteiger partial charge is 0.312 e. The molecule has 1 aliphatic rings. The van der Waals surface area contributed by atoms with Crippen LogP contribution in [-0.2, 0) is 13.0 Å². The minimum atomic E-state index is -0.182. The van der Waals surface area contributed by atoms with E-state index >= 15 is 0 Å². The van der Waals surface area contributed by atoms with Crippen LogP contribution < -0.4 is 5.32 Å². The second-order valence-corrected chi connectivity index (χ2v) is 4.27. The predicted molar refractivity (Wildman–Crippen MR) is 54.5 cm³/mol. The number of benzene rings is 1. The van der Waals surface area contributed by atoms with E-state index in [1.165, 1.54) is 6.07 Å². The molecule has 0 aromatic heterocycles. The summed E-state index contributed by atoms with van der Waals surface area (Å²) in [7, 11) is 0. The minimum absolute atomic E-state index is 0.182. The van der Waals surface area contributed by atoms with Gasteiger partial charge in [0.25, 0.3) is 0 Å². The van der Waals surface area contributed by atoms with Crippen molar-refractivity contribution in [3.8, 4) is 0 Å². The maximum atomic E-state index is 13.4. The highest BCUT2D eigenvalue weighted by atomic mass is 79.9. The van der Waals surface area contributed by atoms with E-state index in [0.717, 1.165) is 18.5 Å². The lowest BCUT2D eigenvalue weighted by molar-refractivity contribution is 0.562. The zero-order valence-electron chi connectivity index (χ0n) is 6.83. The summed E-state index contributed by atoms with van der Waals surface area (Å²) in [6, 6.07) is 1.42. The average molecular weight is 265 g/mol. The Morgan fingerprint density at radius 1 is 1.46 bits per heavy atom. The molecule has 70 valence electrons. The lowest BCUT2D eigenvalue weighted by Crippen LogP contribution is -2.25. The topological polar surface area (TPSA) is 12.0 Å². The van der Waals surface area contributed by atoms with E-state index in [0.29, 0.717) is 21.6 Å². The predicted octanol–water partition coefficient (Wildman–Crippen LogP) is 2.89. The van der Waals surface area contributed by atoms with Crippen LogP contribution in [0.4, 0.5) is 4.39 Å². The van der Waals surface area contributed by atoms with Gasteiger partial charge < -0.3 is 5.32 Å². The van der Waals surface area contributed by atoms with Crippen LogP contribution >= 0.6 is 27.5 Å². The molecule has 1 nitrogen and oxygen atoms in total. The van der Waals surface area contributed by atoms with Crippen LogP contribution in [0.25, 0.3) is 0 Å². The smallest absolute Gasteiger partial charge is 0.129 e. The number of rotatable bonds is 0. The molecule has 0 amide bonds. The Morgan fingerprint density at radius 3 is 3.00 bits per heavy atom. The summed E-state index contributed by atoms with van der Waals surface area (Å²) < 4.78 is 14.0. The SMILES string of the molecule is Fc1cc(Br)c(Cl)c2c1CNCC2. The first-order chi connectivity index (χ1) is 6.20. The number of nitrogens with one attached hydrogen (secondary N) is 1. The molecule has 13 heavy (non-hydrogen) atoms. The monoisotopic (exact) mass is 263 g/mol. The second-order valence-electron chi connectivity index (χ2n) is 3.04. The van der Waals surface area contributed by atoms with Gasteiger partial charge in [-0.3, -0.25) is 0 Å². The van der Waals surface area contributed by atoms with Gasteiger partial charge in [-0.05, 0) is 40.5 Å². The third kappa shape index (κ3) is 1.60. The molecule has 0 saturated carbocycles. The summed E-state index contributed by atoms with van der Waals surface area (Å²) in [6.07, 6.45) is 0.796. The third-order valence-corrected chi connectivity index (χ3v) is 3.52. The standard InChI is InChI=1S/C9H8BrClFN/c10-7-3-8(12)6-4-13-2-1-5(6)9(7)11/h3,13H,1-2,4H2. The van der Waals surface area contributed by atoms with E-state index in [2.05, 4.69) is 21.2 Å². The van der Waals surface area contributed by atoms with Gasteiger partial charge >= 0.3 is 0 Å². The lowest BCUT2D eigenvalue weighted by atomic mass is 10.0. The molecule has 1 aromatic carbocycles. The molecule has 1 N–H and O–H groups in total. The highest BCUT2D eigenvalue weighted by Crippen LogP contribution is 2.32. The molecule has 0 radical (unpaired) electrons. The maximum absolute atomic E-state index is 13.4. The first-order valence-electron chi connectivity index (χ1n) is 4.06. The highest BCUT2D eigenvalue weighted by Gasteiger charge is 2.18. The molecule has 4 heteroatoms. The van der Waals surface area contributed by atoms with Crippen LogP contribution in [-0.4, -0.2) is 6.54 Å². The van der Waals surface area contributed by atoms with Crippen molar-refractivity contribution < 1.29 is 4.39 Å². The van der Waals surface area contributed by atoms with Crippen LogP contribution in [0.5, 0.6) is 0 Å². The number of fused-ring (bicyclic) bond motifs is 1. The zero-order valence-corrected chi connectivity index (χ0v) is 9.17. The molecule has 2 rings (SSSR count). The van der Waals surface area contributed by atoms with Crippen molar-refractivity contribution >= 4 is 27.5 Å². The fraction of sp³-hybridized carbons (Fsp3) is 0.333. The molecule has 1 aliphatic heterocycles. The Morgan fingerprint density at radius 2 is 2.23 bits per heavy atom. The Bertz CT molecular complexity index is 354. The van der Waals surface area contributed by atoms with Gasteiger partial charge in [-0.2, -0.15) is 0 Å². The van der Waals surface area contributed by atoms with E-state index in [9.17, 15) is 4.39 Å². The second kappa shape index (κ2) is 3.56. The van der Waals surface area contributed by atoms with Crippen molar-refractivity contribution in [3.63, 3.8) is 0 Å². The van der Waals surface area contributed by atoms with Gasteiger partial charge in [0.15, 0.2) is 0 Å². The first-order valence-corrected chi connectivity index (χ1v) is 5.23. The number of hydrogen-bond acceptors (Lipinski definition) is 1. The van der Waals surface area contributed by atoms with Crippen molar-refractivity contribution in [2.75, 3.05) is 6.54 Å². The van der Waals surface area contributed by atoms with Gasteiger partial charge in [0.2, 0.25) is 0 Å². The maximum Gasteiger partial charge on any atom is 0.129 e. The first kappa shape index (κ1) is 9.44. The van der Waals surface area contributed by atoms with Gasteiger partial charge in [-0.15, -0.1) is 0 Å². The van der Waals surface area contributed by atoms with Crippen molar-refractivity contribution in [2.24, 2.45) is 0 Å². The summed E-state index contributed by atoms with van der Waals surface area (Å²) in [5.74, 6) is -0.182. The molecule has 0 atom stereocenters. The van der Waals surface area contributed by atoms with Crippen LogP contribution in [0.1, 0.15) is 11.1 Å². The van der Waals surface area contributed by atoms with Gasteiger partial charge in [-0.1, -0.05) is 11.6 Å². The molecular formula is C9H8BrClFN. The number of halogens is 3. The average Bonchev–Trinajstić information content (AvgIpc) is 2.15. The summed E-state index contributed by atoms with van der Waals surface area (Å²) in [5, 5.41) is 3.77. The summed E-state index contributed by atoms with van der Waals surface area (Å²) in [5.41, 5.74) is 1.65. The Hall–Kier alpha value is -0.120. The molecule has 0 bridgehead atoms. The van der Waals surface area contributed by atoms with Gasteiger partial charge in [0.1, 0.15) is 5.82 Å². The molecule has 1 aromatic rings. The fourth-order valence-electron chi connectivity index (χ4n) is 1.56. The van der Waals surface area contributed by atoms with Gasteiger partial charge in [-0.25, -0.2) is 4.39 Å². The van der Waals surface area contributed by atoms with Crippen molar-refractivity contribution in [3.05, 3.63) is 32.5 Å². The third-order valence-electron chi connectivity index (χ3n) is 2.23. The molecule has 1 heterocycles. The lowest BCUT2D eigenvalue weighted by Gasteiger charge is -2.19. The Labute approximate surface area is 89.4 Å². The molecule has 0 spiro atoms. The zero-order chi connectivity index (χ0) is 9.42. The van der Waals surface area contributed by atoms with Gasteiger partial charge in [0.05, 0.1) is 5.02 Å². The van der Waals surface area contributed by atoms with E-state index in [4.69, 9.17) is 11.6 Å².